The average molecular weight is 301 g/mol. The van der Waals surface area contributed by atoms with Crippen LogP contribution >= 0.6 is 11.3 Å². The first-order valence-corrected chi connectivity index (χ1v) is 8.02. The van der Waals surface area contributed by atoms with E-state index in [4.69, 9.17) is 15.5 Å². The van der Waals surface area contributed by atoms with Crippen LogP contribution in [0, 0.1) is 5.92 Å². The van der Waals surface area contributed by atoms with Crippen molar-refractivity contribution in [3.63, 3.8) is 0 Å². The molecular formula is C14H15N5OS. The van der Waals surface area contributed by atoms with Crippen molar-refractivity contribution in [2.45, 2.75) is 18.1 Å². The quantitative estimate of drug-likeness (QED) is 0.855. The molecule has 3 aliphatic heterocycles. The number of piperidine rings is 1. The number of pyridine rings is 1. The monoisotopic (exact) mass is 301 g/mol. The first kappa shape index (κ1) is 11.9. The zero-order valence-corrected chi connectivity index (χ0v) is 12.2. The Bertz CT molecular complexity index is 726. The van der Waals surface area contributed by atoms with Crippen LogP contribution in [0.3, 0.4) is 0 Å². The van der Waals surface area contributed by atoms with Crippen LogP contribution in [0.1, 0.15) is 17.5 Å². The van der Waals surface area contributed by atoms with Crippen molar-refractivity contribution < 1.29 is 4.74 Å². The van der Waals surface area contributed by atoms with E-state index >= 15 is 0 Å². The van der Waals surface area contributed by atoms with Crippen LogP contribution in [0.4, 0.5) is 0 Å². The van der Waals surface area contributed by atoms with Gasteiger partial charge < -0.3 is 10.5 Å². The predicted molar refractivity (Wildman–Crippen MR) is 80.1 cm³/mol. The SMILES string of the molecule is NC1=NCC2(O1)C1CCN(C1)C2c1nc2cccnc2s1. The standard InChI is InChI=1S/C14H15N5OS/c15-13-17-7-14(20-13)8-3-5-19(6-8)10(14)12-18-9-2-1-4-16-11(9)21-12/h1-2,4,8,10H,3,5-7H2,(H2,15,17). The van der Waals surface area contributed by atoms with Gasteiger partial charge in [0.15, 0.2) is 5.60 Å². The molecule has 2 fully saturated rings. The number of amidine groups is 1. The highest BCUT2D eigenvalue weighted by Crippen LogP contribution is 2.54. The summed E-state index contributed by atoms with van der Waals surface area (Å²) in [5.74, 6) is 0.493. The van der Waals surface area contributed by atoms with Crippen LogP contribution < -0.4 is 5.73 Å². The molecule has 6 nitrogen and oxygen atoms in total. The highest BCUT2D eigenvalue weighted by Gasteiger charge is 2.62. The van der Waals surface area contributed by atoms with Crippen molar-refractivity contribution >= 4 is 27.7 Å². The molecule has 0 amide bonds. The summed E-state index contributed by atoms with van der Waals surface area (Å²) in [5.41, 5.74) is 6.47. The Morgan fingerprint density at radius 1 is 1.48 bits per heavy atom. The first-order valence-electron chi connectivity index (χ1n) is 7.21. The van der Waals surface area contributed by atoms with Gasteiger partial charge in [-0.2, -0.15) is 0 Å². The minimum absolute atomic E-state index is 0.153. The first-order chi connectivity index (χ1) is 10.3. The zero-order chi connectivity index (χ0) is 14.0. The van der Waals surface area contributed by atoms with E-state index in [0.29, 0.717) is 18.5 Å². The molecular weight excluding hydrogens is 286 g/mol. The van der Waals surface area contributed by atoms with Crippen molar-refractivity contribution in [3.8, 4) is 0 Å². The number of thiazole rings is 1. The van der Waals surface area contributed by atoms with E-state index in [9.17, 15) is 0 Å². The number of fused-ring (bicyclic) bond motifs is 4. The van der Waals surface area contributed by atoms with Crippen LogP contribution in [0.15, 0.2) is 23.3 Å². The van der Waals surface area contributed by atoms with Crippen LogP contribution in [0.5, 0.6) is 0 Å². The highest BCUT2D eigenvalue weighted by molar-refractivity contribution is 7.18. The molecule has 5 rings (SSSR count). The lowest BCUT2D eigenvalue weighted by Crippen LogP contribution is -2.48. The third-order valence-electron chi connectivity index (χ3n) is 4.93. The zero-order valence-electron chi connectivity index (χ0n) is 11.4. The van der Waals surface area contributed by atoms with Gasteiger partial charge in [0.2, 0.25) is 0 Å². The molecule has 2 saturated heterocycles. The molecule has 5 heterocycles. The molecule has 0 aliphatic carbocycles. The molecule has 1 spiro atoms. The molecule has 4 atom stereocenters. The summed E-state index contributed by atoms with van der Waals surface area (Å²) in [6, 6.07) is 4.42. The van der Waals surface area contributed by atoms with Crippen molar-refractivity contribution in [2.75, 3.05) is 19.6 Å². The molecule has 0 aromatic carbocycles. The maximum atomic E-state index is 6.04. The van der Waals surface area contributed by atoms with Crippen LogP contribution in [0.25, 0.3) is 10.3 Å². The molecule has 3 aliphatic rings. The largest absolute Gasteiger partial charge is 0.454 e. The molecule has 0 radical (unpaired) electrons. The fourth-order valence-corrected chi connectivity index (χ4v) is 5.17. The Morgan fingerprint density at radius 2 is 2.43 bits per heavy atom. The smallest absolute Gasteiger partial charge is 0.282 e. The molecule has 4 unspecified atom stereocenters. The molecule has 0 saturated carbocycles. The fraction of sp³-hybridized carbons (Fsp3) is 0.500. The van der Waals surface area contributed by atoms with Crippen LogP contribution in [0.2, 0.25) is 0 Å². The minimum atomic E-state index is -0.309. The highest BCUT2D eigenvalue weighted by atomic mass is 32.1. The summed E-state index contributed by atoms with van der Waals surface area (Å²) in [6.07, 6.45) is 2.97. The number of nitrogens with zero attached hydrogens (tertiary/aromatic N) is 4. The van der Waals surface area contributed by atoms with Gasteiger partial charge in [0, 0.05) is 18.7 Å². The molecule has 108 valence electrons. The summed E-state index contributed by atoms with van der Waals surface area (Å²) in [7, 11) is 0. The molecule has 21 heavy (non-hydrogen) atoms. The van der Waals surface area contributed by atoms with Gasteiger partial charge in [-0.3, -0.25) is 4.90 Å². The second-order valence-electron chi connectivity index (χ2n) is 5.97. The second-order valence-corrected chi connectivity index (χ2v) is 6.98. The normalized spacial score (nSPS) is 37.3. The Labute approximate surface area is 125 Å². The Hall–Kier alpha value is -1.73. The van der Waals surface area contributed by atoms with Gasteiger partial charge in [-0.1, -0.05) is 11.3 Å². The number of nitrogens with two attached hydrogens (primary N) is 1. The lowest BCUT2D eigenvalue weighted by molar-refractivity contribution is -0.0115. The molecule has 2 aromatic heterocycles. The Kier molecular flexibility index (Phi) is 2.22. The number of hydrogen-bond donors (Lipinski definition) is 1. The summed E-state index contributed by atoms with van der Waals surface area (Å²) >= 11 is 1.66. The summed E-state index contributed by atoms with van der Waals surface area (Å²) in [5, 5.41) is 1.08. The number of aromatic nitrogens is 2. The number of ether oxygens (including phenoxy) is 1. The molecule has 2 bridgehead atoms. The van der Waals surface area contributed by atoms with E-state index in [1.165, 1.54) is 0 Å². The van der Waals surface area contributed by atoms with Gasteiger partial charge in [-0.25, -0.2) is 15.0 Å². The van der Waals surface area contributed by atoms with E-state index in [-0.39, 0.29) is 11.6 Å². The number of hydrogen-bond acceptors (Lipinski definition) is 7. The lowest BCUT2D eigenvalue weighted by atomic mass is 9.82. The second kappa shape index (κ2) is 3.92. The maximum absolute atomic E-state index is 6.04. The van der Waals surface area contributed by atoms with Crippen molar-refractivity contribution in [2.24, 2.45) is 16.6 Å². The number of rotatable bonds is 1. The van der Waals surface area contributed by atoms with E-state index < -0.39 is 0 Å². The molecule has 2 aromatic rings. The Balaban J connectivity index is 1.63. The number of aliphatic imine (C=N–C) groups is 1. The van der Waals surface area contributed by atoms with Crippen LogP contribution in [-0.4, -0.2) is 46.1 Å². The van der Waals surface area contributed by atoms with E-state index in [0.717, 1.165) is 34.9 Å². The van der Waals surface area contributed by atoms with Gasteiger partial charge in [0.05, 0.1) is 6.54 Å². The maximum Gasteiger partial charge on any atom is 0.282 e. The summed E-state index contributed by atoms with van der Waals surface area (Å²) < 4.78 is 6.04. The molecule has 2 N–H and O–H groups in total. The van der Waals surface area contributed by atoms with Gasteiger partial charge in [-0.05, 0) is 25.1 Å². The van der Waals surface area contributed by atoms with E-state index in [2.05, 4.69) is 14.9 Å². The lowest BCUT2D eigenvalue weighted by Gasteiger charge is -2.38. The van der Waals surface area contributed by atoms with E-state index in [1.54, 1.807) is 11.3 Å². The molecule has 7 heteroatoms. The average Bonchev–Trinajstić information content (AvgIpc) is 3.22. The van der Waals surface area contributed by atoms with Crippen molar-refractivity contribution in [1.29, 1.82) is 0 Å². The van der Waals surface area contributed by atoms with E-state index in [1.807, 2.05) is 18.3 Å². The predicted octanol–water partition coefficient (Wildman–Crippen LogP) is 1.15. The third kappa shape index (κ3) is 1.47. The minimum Gasteiger partial charge on any atom is -0.454 e. The van der Waals surface area contributed by atoms with Crippen molar-refractivity contribution in [1.82, 2.24) is 14.9 Å². The van der Waals surface area contributed by atoms with Gasteiger partial charge in [-0.15, -0.1) is 0 Å². The summed E-state index contributed by atoms with van der Waals surface area (Å²) in [4.78, 5) is 17.0. The fourth-order valence-electron chi connectivity index (χ4n) is 4.04. The Morgan fingerprint density at radius 3 is 3.24 bits per heavy atom. The van der Waals surface area contributed by atoms with Gasteiger partial charge in [0.25, 0.3) is 6.02 Å². The van der Waals surface area contributed by atoms with Gasteiger partial charge in [0.1, 0.15) is 21.4 Å². The third-order valence-corrected chi connectivity index (χ3v) is 5.96. The van der Waals surface area contributed by atoms with Crippen molar-refractivity contribution in [3.05, 3.63) is 23.3 Å². The summed E-state index contributed by atoms with van der Waals surface area (Å²) in [6.45, 7) is 2.80. The van der Waals surface area contributed by atoms with Crippen LogP contribution in [-0.2, 0) is 4.74 Å². The topological polar surface area (TPSA) is 76.6 Å². The van der Waals surface area contributed by atoms with Gasteiger partial charge >= 0.3 is 0 Å².